The molecule has 5 heterocycles. The minimum atomic E-state index is -0.993. The zero-order valence-corrected chi connectivity index (χ0v) is 29.7. The number of halogens is 1. The molecule has 0 radical (unpaired) electrons. The van der Waals surface area contributed by atoms with Crippen molar-refractivity contribution in [1.82, 2.24) is 34.7 Å². The largest absolute Gasteiger partial charge is 0.497 e. The molecule has 4 aliphatic heterocycles. The van der Waals surface area contributed by atoms with Crippen LogP contribution in [-0.2, 0) is 22.4 Å². The Hall–Kier alpha value is -4.07. The van der Waals surface area contributed by atoms with E-state index in [-0.39, 0.29) is 24.4 Å². The van der Waals surface area contributed by atoms with Gasteiger partial charge in [0, 0.05) is 88.5 Å². The van der Waals surface area contributed by atoms with Crippen LogP contribution in [0.25, 0.3) is 10.9 Å². The van der Waals surface area contributed by atoms with Crippen molar-refractivity contribution in [1.29, 1.82) is 0 Å². The first-order chi connectivity index (χ1) is 24.2. The fraction of sp³-hybridized carbons (Fsp3) is 0.556. The lowest BCUT2D eigenvalue weighted by Gasteiger charge is -2.42. The van der Waals surface area contributed by atoms with Gasteiger partial charge in [0.25, 0.3) is 5.91 Å². The fourth-order valence-corrected chi connectivity index (χ4v) is 8.18. The number of anilines is 1. The SMILES string of the molecule is COc1ccc2c(c1)CCN(C1CCN(C(=O)OC(Cc3cc(Cl)c4[nH]ncc4c3)C(=O)N3CCC(N4CCN(C)CC4)CC3)CC1)C(=O)N2. The van der Waals surface area contributed by atoms with Crippen molar-refractivity contribution < 1.29 is 23.9 Å². The average molecular weight is 707 g/mol. The number of nitrogens with zero attached hydrogens (tertiary/aromatic N) is 6. The number of H-pyrrole nitrogens is 1. The number of urea groups is 1. The summed E-state index contributed by atoms with van der Waals surface area (Å²) in [5, 5.41) is 11.4. The highest BCUT2D eigenvalue weighted by atomic mass is 35.5. The summed E-state index contributed by atoms with van der Waals surface area (Å²) in [7, 11) is 3.79. The molecule has 1 aromatic heterocycles. The third-order valence-electron chi connectivity index (χ3n) is 10.9. The third-order valence-corrected chi connectivity index (χ3v) is 11.2. The van der Waals surface area contributed by atoms with Gasteiger partial charge in [0.05, 0.1) is 23.8 Å². The van der Waals surface area contributed by atoms with Crippen molar-refractivity contribution in [3.05, 3.63) is 52.7 Å². The molecule has 2 N–H and O–H groups in total. The zero-order valence-electron chi connectivity index (χ0n) is 28.9. The Morgan fingerprint density at radius 3 is 2.40 bits per heavy atom. The Morgan fingerprint density at radius 2 is 1.66 bits per heavy atom. The molecule has 50 heavy (non-hydrogen) atoms. The molecule has 3 fully saturated rings. The molecule has 3 aromatic rings. The third kappa shape index (κ3) is 7.50. The lowest BCUT2D eigenvalue weighted by Crippen LogP contribution is -2.54. The van der Waals surface area contributed by atoms with E-state index >= 15 is 0 Å². The highest BCUT2D eigenvalue weighted by Crippen LogP contribution is 2.29. The number of amides is 4. The molecule has 1 unspecified atom stereocenters. The normalized spacial score (nSPS) is 20.7. The number of carbonyl (C=O) groups excluding carboxylic acids is 3. The molecule has 268 valence electrons. The number of nitrogens with one attached hydrogen (secondary N) is 2. The lowest BCUT2D eigenvalue weighted by atomic mass is 10.00. The molecule has 4 amide bonds. The van der Waals surface area contributed by atoms with Crippen LogP contribution in [-0.4, -0.2) is 144 Å². The van der Waals surface area contributed by atoms with Crippen molar-refractivity contribution in [2.45, 2.75) is 56.7 Å². The van der Waals surface area contributed by atoms with Crippen molar-refractivity contribution in [2.24, 2.45) is 0 Å². The van der Waals surface area contributed by atoms with E-state index in [1.54, 1.807) is 18.2 Å². The van der Waals surface area contributed by atoms with Crippen LogP contribution < -0.4 is 10.1 Å². The number of aromatic amines is 1. The maximum atomic E-state index is 14.1. The van der Waals surface area contributed by atoms with Crippen molar-refractivity contribution >= 4 is 46.2 Å². The van der Waals surface area contributed by atoms with Gasteiger partial charge in [0.1, 0.15) is 5.75 Å². The molecule has 4 aliphatic rings. The molecular weight excluding hydrogens is 660 g/mol. The number of hydrogen-bond donors (Lipinski definition) is 2. The average Bonchev–Trinajstić information content (AvgIpc) is 3.55. The fourth-order valence-electron chi connectivity index (χ4n) is 7.89. The number of carbonyl (C=O) groups is 3. The van der Waals surface area contributed by atoms with E-state index in [0.29, 0.717) is 63.1 Å². The number of benzene rings is 2. The van der Waals surface area contributed by atoms with Gasteiger partial charge < -0.3 is 34.4 Å². The Bertz CT molecular complexity index is 1690. The molecule has 0 saturated carbocycles. The van der Waals surface area contributed by atoms with Crippen LogP contribution in [0.1, 0.15) is 36.8 Å². The number of ether oxygens (including phenoxy) is 2. The summed E-state index contributed by atoms with van der Waals surface area (Å²) in [4.78, 5) is 51.3. The number of piperidine rings is 2. The second-order valence-electron chi connectivity index (χ2n) is 14.0. The highest BCUT2D eigenvalue weighted by molar-refractivity contribution is 6.35. The van der Waals surface area contributed by atoms with Gasteiger partial charge in [-0.1, -0.05) is 11.6 Å². The monoisotopic (exact) mass is 706 g/mol. The van der Waals surface area contributed by atoms with Gasteiger partial charge in [-0.15, -0.1) is 0 Å². The summed E-state index contributed by atoms with van der Waals surface area (Å²) in [5.74, 6) is 0.584. The number of methoxy groups -OCH3 is 1. The molecule has 14 heteroatoms. The molecule has 0 aliphatic carbocycles. The minimum Gasteiger partial charge on any atom is -0.497 e. The molecule has 7 rings (SSSR count). The van der Waals surface area contributed by atoms with Gasteiger partial charge >= 0.3 is 12.1 Å². The standard InChI is InChI=1S/C36H47ClN8O5/c1-41-15-17-42(18-16-41)27-6-10-43(11-7-27)34(46)32(21-24-19-26-23-38-40-33(26)30(37)20-24)50-36(48)44-12-8-28(9-13-44)45-14-5-25-22-29(49-2)3-4-31(25)39-35(45)47/h3-4,19-20,22-23,27-28,32H,5-18,21H2,1-2H3,(H,38,40)(H,39,47). The Balaban J connectivity index is 0.991. The number of aromatic nitrogens is 2. The number of piperazine rings is 1. The molecule has 0 spiro atoms. The number of fused-ring (bicyclic) bond motifs is 2. The maximum Gasteiger partial charge on any atom is 0.410 e. The highest BCUT2D eigenvalue weighted by Gasteiger charge is 2.36. The predicted molar refractivity (Wildman–Crippen MR) is 191 cm³/mol. The van der Waals surface area contributed by atoms with Crippen LogP contribution in [0.5, 0.6) is 5.75 Å². The summed E-state index contributed by atoms with van der Waals surface area (Å²) in [6, 6.07) is 9.74. The van der Waals surface area contributed by atoms with Crippen molar-refractivity contribution in [2.75, 3.05) is 78.4 Å². The van der Waals surface area contributed by atoms with Crippen LogP contribution in [0, 0.1) is 0 Å². The van der Waals surface area contributed by atoms with E-state index in [2.05, 4.69) is 32.4 Å². The molecule has 13 nitrogen and oxygen atoms in total. The van der Waals surface area contributed by atoms with E-state index in [0.717, 1.165) is 72.5 Å². The molecular formula is C36H47ClN8O5. The summed E-state index contributed by atoms with van der Waals surface area (Å²) in [6.07, 6.45) is 4.15. The zero-order chi connectivity index (χ0) is 34.8. The second kappa shape index (κ2) is 15.0. The van der Waals surface area contributed by atoms with E-state index in [4.69, 9.17) is 21.1 Å². The van der Waals surface area contributed by atoms with Crippen molar-refractivity contribution in [3.8, 4) is 5.75 Å². The molecule has 3 saturated heterocycles. The van der Waals surface area contributed by atoms with Crippen LogP contribution >= 0.6 is 11.6 Å². The first kappa shape index (κ1) is 34.4. The summed E-state index contributed by atoms with van der Waals surface area (Å²) >= 11 is 6.55. The van der Waals surface area contributed by atoms with Crippen LogP contribution in [0.3, 0.4) is 0 Å². The number of likely N-dealkylation sites (tertiary alicyclic amines) is 2. The van der Waals surface area contributed by atoms with E-state index < -0.39 is 12.2 Å². The lowest BCUT2D eigenvalue weighted by molar-refractivity contribution is -0.142. The van der Waals surface area contributed by atoms with Crippen molar-refractivity contribution in [3.63, 3.8) is 0 Å². The smallest absolute Gasteiger partial charge is 0.410 e. The maximum absolute atomic E-state index is 14.1. The Kier molecular flexibility index (Phi) is 10.3. The van der Waals surface area contributed by atoms with Gasteiger partial charge in [-0.2, -0.15) is 5.10 Å². The molecule has 0 bridgehead atoms. The van der Waals surface area contributed by atoms with E-state index in [1.165, 1.54) is 0 Å². The van der Waals surface area contributed by atoms with Crippen LogP contribution in [0.15, 0.2) is 36.5 Å². The van der Waals surface area contributed by atoms with E-state index in [1.807, 2.05) is 40.1 Å². The van der Waals surface area contributed by atoms with Gasteiger partial charge in [0.2, 0.25) is 0 Å². The van der Waals surface area contributed by atoms with Gasteiger partial charge in [-0.05, 0) is 80.6 Å². The van der Waals surface area contributed by atoms with Gasteiger partial charge in [0.15, 0.2) is 6.10 Å². The second-order valence-corrected chi connectivity index (χ2v) is 14.4. The summed E-state index contributed by atoms with van der Waals surface area (Å²) in [5.41, 5.74) is 3.36. The minimum absolute atomic E-state index is 0.0156. The van der Waals surface area contributed by atoms with Crippen LogP contribution in [0.4, 0.5) is 15.3 Å². The first-order valence-electron chi connectivity index (χ1n) is 17.8. The number of rotatable bonds is 7. The predicted octanol–water partition coefficient (Wildman–Crippen LogP) is 4.07. The Labute approximate surface area is 297 Å². The summed E-state index contributed by atoms with van der Waals surface area (Å²) in [6.45, 7) is 6.92. The van der Waals surface area contributed by atoms with Crippen LogP contribution in [0.2, 0.25) is 5.02 Å². The number of likely N-dealkylation sites (N-methyl/N-ethyl adjacent to an activating group) is 1. The number of hydrogen-bond acceptors (Lipinski definition) is 8. The Morgan fingerprint density at radius 1 is 0.940 bits per heavy atom. The topological polar surface area (TPSA) is 127 Å². The summed E-state index contributed by atoms with van der Waals surface area (Å²) < 4.78 is 11.5. The molecule has 1 atom stereocenters. The molecule has 2 aromatic carbocycles. The quantitative estimate of drug-likeness (QED) is 0.377. The first-order valence-corrected chi connectivity index (χ1v) is 18.2. The van der Waals surface area contributed by atoms with Gasteiger partial charge in [-0.3, -0.25) is 14.8 Å². The van der Waals surface area contributed by atoms with Gasteiger partial charge in [-0.25, -0.2) is 9.59 Å². The van der Waals surface area contributed by atoms with E-state index in [9.17, 15) is 14.4 Å².